The molecular formula is C9H7F3O. The van der Waals surface area contributed by atoms with E-state index in [9.17, 15) is 18.0 Å². The van der Waals surface area contributed by atoms with Crippen LogP contribution >= 0.6 is 0 Å². The van der Waals surface area contributed by atoms with E-state index in [0.717, 1.165) is 12.1 Å². The summed E-state index contributed by atoms with van der Waals surface area (Å²) in [7, 11) is 0. The van der Waals surface area contributed by atoms with Crippen molar-refractivity contribution in [2.24, 2.45) is 0 Å². The van der Waals surface area contributed by atoms with E-state index in [-0.39, 0.29) is 6.42 Å². The minimum Gasteiger partial charge on any atom is -0.293 e. The zero-order chi connectivity index (χ0) is 9.84. The van der Waals surface area contributed by atoms with Crippen LogP contribution in [0.1, 0.15) is 5.56 Å². The van der Waals surface area contributed by atoms with Crippen LogP contribution < -0.4 is 0 Å². The van der Waals surface area contributed by atoms with Gasteiger partial charge >= 0.3 is 0 Å². The molecule has 70 valence electrons. The quantitative estimate of drug-likeness (QED) is 0.710. The summed E-state index contributed by atoms with van der Waals surface area (Å²) in [6.07, 6.45) is -3.30. The third kappa shape index (κ3) is 2.89. The molecule has 0 saturated heterocycles. The third-order valence-electron chi connectivity index (χ3n) is 1.54. The maximum atomic E-state index is 12.3. The molecule has 0 aliphatic carbocycles. The Morgan fingerprint density at radius 3 is 2.23 bits per heavy atom. The molecule has 4 heteroatoms. The van der Waals surface area contributed by atoms with Crippen molar-refractivity contribution in [2.45, 2.75) is 12.8 Å². The predicted molar refractivity (Wildman–Crippen MR) is 41.1 cm³/mol. The molecule has 0 atom stereocenters. The van der Waals surface area contributed by atoms with Gasteiger partial charge in [-0.1, -0.05) is 12.1 Å². The fourth-order valence-electron chi connectivity index (χ4n) is 0.881. The van der Waals surface area contributed by atoms with Crippen molar-refractivity contribution in [2.75, 3.05) is 0 Å². The van der Waals surface area contributed by atoms with E-state index in [2.05, 4.69) is 0 Å². The normalized spacial score (nSPS) is 10.5. The molecule has 1 aromatic rings. The number of ketones is 1. The van der Waals surface area contributed by atoms with E-state index in [1.54, 1.807) is 0 Å². The summed E-state index contributed by atoms with van der Waals surface area (Å²) in [5, 5.41) is 0. The van der Waals surface area contributed by atoms with Crippen molar-refractivity contribution < 1.29 is 18.0 Å². The van der Waals surface area contributed by atoms with Crippen LogP contribution in [0.15, 0.2) is 24.3 Å². The van der Waals surface area contributed by atoms with Crippen LogP contribution in [0.4, 0.5) is 13.2 Å². The highest BCUT2D eigenvalue weighted by atomic mass is 19.3. The molecule has 0 spiro atoms. The summed E-state index contributed by atoms with van der Waals surface area (Å²) in [4.78, 5) is 10.6. The number of hydrogen-bond donors (Lipinski definition) is 0. The lowest BCUT2D eigenvalue weighted by Crippen LogP contribution is -2.12. The van der Waals surface area contributed by atoms with Crippen LogP contribution in [0.25, 0.3) is 0 Å². The number of benzene rings is 1. The molecule has 0 radical (unpaired) electrons. The second-order valence-electron chi connectivity index (χ2n) is 2.57. The van der Waals surface area contributed by atoms with Crippen molar-refractivity contribution in [3.05, 3.63) is 35.6 Å². The van der Waals surface area contributed by atoms with E-state index in [1.165, 1.54) is 12.1 Å². The number of carbonyl (C=O) groups excluding carboxylic acids is 1. The Hall–Kier alpha value is -1.32. The lowest BCUT2D eigenvalue weighted by Gasteiger charge is -1.99. The second-order valence-corrected chi connectivity index (χ2v) is 2.57. The van der Waals surface area contributed by atoms with E-state index >= 15 is 0 Å². The predicted octanol–water partition coefficient (Wildman–Crippen LogP) is 2.20. The summed E-state index contributed by atoms with van der Waals surface area (Å²) in [6, 6.07) is 4.90. The van der Waals surface area contributed by atoms with Gasteiger partial charge in [0.15, 0.2) is 0 Å². The minimum atomic E-state index is -2.95. The molecule has 0 aliphatic rings. The first-order valence-electron chi connectivity index (χ1n) is 3.65. The van der Waals surface area contributed by atoms with Gasteiger partial charge in [-0.05, 0) is 17.7 Å². The number of Topliss-reactive ketones (excluding diaryl/α,β-unsaturated/α-hetero) is 1. The average molecular weight is 188 g/mol. The Balaban J connectivity index is 2.65. The zero-order valence-corrected chi connectivity index (χ0v) is 6.64. The number of rotatable bonds is 3. The average Bonchev–Trinajstić information content (AvgIpc) is 2.08. The summed E-state index contributed by atoms with van der Waals surface area (Å²) >= 11 is 0. The first kappa shape index (κ1) is 9.77. The Morgan fingerprint density at radius 2 is 1.77 bits per heavy atom. The summed E-state index contributed by atoms with van der Waals surface area (Å²) < 4.78 is 35.9. The lowest BCUT2D eigenvalue weighted by atomic mass is 10.1. The lowest BCUT2D eigenvalue weighted by molar-refractivity contribution is -0.128. The molecule has 0 amide bonds. The molecule has 0 fully saturated rings. The maximum absolute atomic E-state index is 12.3. The van der Waals surface area contributed by atoms with Crippen molar-refractivity contribution in [3.63, 3.8) is 0 Å². The zero-order valence-electron chi connectivity index (χ0n) is 6.64. The van der Waals surface area contributed by atoms with Gasteiger partial charge in [0.05, 0.1) is 0 Å². The van der Waals surface area contributed by atoms with Crippen molar-refractivity contribution in [3.8, 4) is 0 Å². The molecule has 0 N–H and O–H groups in total. The van der Waals surface area contributed by atoms with Crippen LogP contribution in [0.2, 0.25) is 0 Å². The van der Waals surface area contributed by atoms with Crippen molar-refractivity contribution in [1.82, 2.24) is 0 Å². The van der Waals surface area contributed by atoms with Gasteiger partial charge in [-0.3, -0.25) is 4.79 Å². The van der Waals surface area contributed by atoms with Crippen LogP contribution in [-0.4, -0.2) is 12.2 Å². The first-order valence-corrected chi connectivity index (χ1v) is 3.65. The Kier molecular flexibility index (Phi) is 3.06. The number of halogens is 3. The van der Waals surface area contributed by atoms with Gasteiger partial charge in [-0.15, -0.1) is 0 Å². The van der Waals surface area contributed by atoms with E-state index < -0.39 is 18.0 Å². The fraction of sp³-hybridized carbons (Fsp3) is 0.222. The van der Waals surface area contributed by atoms with Crippen molar-refractivity contribution in [1.29, 1.82) is 0 Å². The topological polar surface area (TPSA) is 17.1 Å². The Labute approximate surface area is 73.2 Å². The third-order valence-corrected chi connectivity index (χ3v) is 1.54. The Bertz CT molecular complexity index is 292. The molecule has 0 unspecified atom stereocenters. The van der Waals surface area contributed by atoms with Crippen LogP contribution in [0, 0.1) is 5.82 Å². The van der Waals surface area contributed by atoms with E-state index in [4.69, 9.17) is 0 Å². The molecule has 1 aromatic carbocycles. The van der Waals surface area contributed by atoms with Crippen LogP contribution in [0.3, 0.4) is 0 Å². The Morgan fingerprint density at radius 1 is 1.23 bits per heavy atom. The van der Waals surface area contributed by atoms with Gasteiger partial charge in [-0.2, -0.15) is 0 Å². The number of alkyl halides is 2. The van der Waals surface area contributed by atoms with E-state index in [1.807, 2.05) is 0 Å². The highest BCUT2D eigenvalue weighted by Crippen LogP contribution is 2.06. The monoisotopic (exact) mass is 188 g/mol. The molecule has 0 heterocycles. The highest BCUT2D eigenvalue weighted by molar-refractivity contribution is 5.83. The highest BCUT2D eigenvalue weighted by Gasteiger charge is 2.15. The summed E-state index contributed by atoms with van der Waals surface area (Å²) in [5.41, 5.74) is 0.395. The standard InChI is InChI=1S/C9H7F3O/c10-7-3-1-6(2-4-7)5-8(13)9(11)12/h1-4,9H,5H2. The molecule has 1 nitrogen and oxygen atoms in total. The molecule has 0 aliphatic heterocycles. The molecule has 13 heavy (non-hydrogen) atoms. The molecule has 1 rings (SSSR count). The first-order chi connectivity index (χ1) is 6.09. The minimum absolute atomic E-state index is 0.349. The van der Waals surface area contributed by atoms with Gasteiger partial charge < -0.3 is 0 Å². The largest absolute Gasteiger partial charge is 0.296 e. The van der Waals surface area contributed by atoms with Gasteiger partial charge in [0, 0.05) is 6.42 Å². The SMILES string of the molecule is O=C(Cc1ccc(F)cc1)C(F)F. The van der Waals surface area contributed by atoms with Crippen molar-refractivity contribution >= 4 is 5.78 Å². The fourth-order valence-corrected chi connectivity index (χ4v) is 0.881. The molecular weight excluding hydrogens is 181 g/mol. The van der Waals surface area contributed by atoms with Gasteiger partial charge in [0.1, 0.15) is 5.82 Å². The van der Waals surface area contributed by atoms with Gasteiger partial charge in [-0.25, -0.2) is 13.2 Å². The number of hydrogen-bond acceptors (Lipinski definition) is 1. The summed E-state index contributed by atoms with van der Waals surface area (Å²) in [5.74, 6) is -1.60. The molecule has 0 aromatic heterocycles. The smallest absolute Gasteiger partial charge is 0.293 e. The molecule has 0 bridgehead atoms. The van der Waals surface area contributed by atoms with Crippen LogP contribution in [0.5, 0.6) is 0 Å². The van der Waals surface area contributed by atoms with Gasteiger partial charge in [0.2, 0.25) is 5.78 Å². The maximum Gasteiger partial charge on any atom is 0.296 e. The second kappa shape index (κ2) is 4.07. The van der Waals surface area contributed by atoms with Crippen LogP contribution in [-0.2, 0) is 11.2 Å². The molecule has 0 saturated carbocycles. The summed E-state index contributed by atoms with van der Waals surface area (Å²) in [6.45, 7) is 0. The van der Waals surface area contributed by atoms with E-state index in [0.29, 0.717) is 5.56 Å². The van der Waals surface area contributed by atoms with Gasteiger partial charge in [0.25, 0.3) is 6.43 Å². The number of carbonyl (C=O) groups is 1.